The lowest BCUT2D eigenvalue weighted by molar-refractivity contribution is -0.148. The Hall–Kier alpha value is -3.00. The lowest BCUT2D eigenvalue weighted by Gasteiger charge is -2.27. The van der Waals surface area contributed by atoms with Gasteiger partial charge >= 0.3 is 12.1 Å². The van der Waals surface area contributed by atoms with Crippen LogP contribution < -0.4 is 5.32 Å². The van der Waals surface area contributed by atoms with Crippen LogP contribution in [0.5, 0.6) is 0 Å². The van der Waals surface area contributed by atoms with Gasteiger partial charge < -0.3 is 20.1 Å². The highest BCUT2D eigenvalue weighted by atomic mass is 32.2. The lowest BCUT2D eigenvalue weighted by Crippen LogP contribution is -2.52. The van der Waals surface area contributed by atoms with Crippen molar-refractivity contribution < 1.29 is 24.2 Å². The van der Waals surface area contributed by atoms with Crippen LogP contribution in [-0.4, -0.2) is 58.3 Å². The number of amides is 2. The number of aliphatic carboxylic acids is 1. The van der Waals surface area contributed by atoms with Crippen molar-refractivity contribution in [3.63, 3.8) is 0 Å². The number of carboxylic acid groups (broad SMARTS) is 1. The number of rotatable bonds is 8. The van der Waals surface area contributed by atoms with E-state index in [4.69, 9.17) is 4.74 Å². The lowest BCUT2D eigenvalue weighted by atomic mass is 9.98. The molecule has 180 valence electrons. The molecule has 2 aliphatic rings. The van der Waals surface area contributed by atoms with E-state index in [-0.39, 0.29) is 18.4 Å². The van der Waals surface area contributed by atoms with Gasteiger partial charge in [0, 0.05) is 11.7 Å². The van der Waals surface area contributed by atoms with Gasteiger partial charge in [0.1, 0.15) is 18.7 Å². The van der Waals surface area contributed by atoms with Crippen LogP contribution in [0.2, 0.25) is 0 Å². The zero-order valence-corrected chi connectivity index (χ0v) is 20.2. The average Bonchev–Trinajstić information content (AvgIpc) is 3.43. The van der Waals surface area contributed by atoms with E-state index in [2.05, 4.69) is 17.4 Å². The van der Waals surface area contributed by atoms with Gasteiger partial charge in [-0.1, -0.05) is 62.4 Å². The SMILES string of the molecule is CC(C)CCC(NC(=O)OCC1c2ccccc2-c2ccccc21)C(=O)N1CSC[C@H]1C(=O)O. The number of hydrogen-bond donors (Lipinski definition) is 2. The van der Waals surface area contributed by atoms with Gasteiger partial charge in [-0.05, 0) is 41.0 Å². The summed E-state index contributed by atoms with van der Waals surface area (Å²) in [5.74, 6) is -0.477. The largest absolute Gasteiger partial charge is 0.480 e. The topological polar surface area (TPSA) is 95.9 Å². The van der Waals surface area contributed by atoms with Crippen molar-refractivity contribution in [2.45, 2.75) is 44.7 Å². The number of ether oxygens (including phenoxy) is 1. The molecule has 0 saturated carbocycles. The van der Waals surface area contributed by atoms with E-state index < -0.39 is 24.1 Å². The number of fused-ring (bicyclic) bond motifs is 3. The van der Waals surface area contributed by atoms with Crippen LogP contribution in [0.25, 0.3) is 11.1 Å². The maximum atomic E-state index is 13.2. The van der Waals surface area contributed by atoms with Gasteiger partial charge in [0.15, 0.2) is 0 Å². The van der Waals surface area contributed by atoms with Crippen LogP contribution in [-0.2, 0) is 14.3 Å². The molecule has 4 rings (SSSR count). The molecule has 1 aliphatic carbocycles. The summed E-state index contributed by atoms with van der Waals surface area (Å²) in [7, 11) is 0. The molecule has 0 spiro atoms. The van der Waals surface area contributed by atoms with E-state index in [1.54, 1.807) is 0 Å². The Morgan fingerprint density at radius 3 is 2.26 bits per heavy atom. The molecule has 8 heteroatoms. The molecular formula is C26H30N2O5S. The van der Waals surface area contributed by atoms with Crippen LogP contribution >= 0.6 is 11.8 Å². The standard InChI is InChI=1S/C26H30N2O5S/c1-16(2)11-12-22(24(29)28-15-34-14-23(28)25(30)31)27-26(32)33-13-21-19-9-5-3-7-17(19)18-8-4-6-10-20(18)21/h3-10,16,21-23H,11-15H2,1-2H3,(H,27,32)(H,30,31)/t22?,23-/m0/s1. The highest BCUT2D eigenvalue weighted by molar-refractivity contribution is 7.99. The normalized spacial score (nSPS) is 17.9. The highest BCUT2D eigenvalue weighted by Crippen LogP contribution is 2.44. The van der Waals surface area contributed by atoms with Crippen molar-refractivity contribution in [3.05, 3.63) is 59.7 Å². The third kappa shape index (κ3) is 5.06. The van der Waals surface area contributed by atoms with Crippen LogP contribution in [0.4, 0.5) is 4.79 Å². The van der Waals surface area contributed by atoms with Crippen LogP contribution in [0.3, 0.4) is 0 Å². The molecule has 2 N–H and O–H groups in total. The second-order valence-electron chi connectivity index (χ2n) is 9.16. The summed E-state index contributed by atoms with van der Waals surface area (Å²) in [6, 6.07) is 14.5. The summed E-state index contributed by atoms with van der Waals surface area (Å²) in [6.07, 6.45) is 0.482. The van der Waals surface area contributed by atoms with Gasteiger partial charge in [-0.15, -0.1) is 11.8 Å². The fraction of sp³-hybridized carbons (Fsp3) is 0.423. The minimum Gasteiger partial charge on any atom is -0.480 e. The molecule has 1 aliphatic heterocycles. The Labute approximate surface area is 203 Å². The van der Waals surface area contributed by atoms with Crippen LogP contribution in [0.15, 0.2) is 48.5 Å². The summed E-state index contributed by atoms with van der Waals surface area (Å²) >= 11 is 1.40. The second-order valence-corrected chi connectivity index (χ2v) is 10.2. The minimum atomic E-state index is -1.03. The number of hydrogen-bond acceptors (Lipinski definition) is 5. The van der Waals surface area contributed by atoms with E-state index in [0.717, 1.165) is 28.7 Å². The maximum absolute atomic E-state index is 13.2. The summed E-state index contributed by atoms with van der Waals surface area (Å²) in [5, 5.41) is 12.2. The Bertz CT molecular complexity index is 1030. The fourth-order valence-electron chi connectivity index (χ4n) is 4.60. The third-order valence-electron chi connectivity index (χ3n) is 6.42. The van der Waals surface area contributed by atoms with Gasteiger partial charge in [0.2, 0.25) is 5.91 Å². The Morgan fingerprint density at radius 1 is 1.06 bits per heavy atom. The van der Waals surface area contributed by atoms with Crippen LogP contribution in [0, 0.1) is 5.92 Å². The van der Waals surface area contributed by atoms with E-state index in [0.29, 0.717) is 24.0 Å². The average molecular weight is 483 g/mol. The highest BCUT2D eigenvalue weighted by Gasteiger charge is 2.38. The summed E-state index contributed by atoms with van der Waals surface area (Å²) in [4.78, 5) is 38.9. The van der Waals surface area contributed by atoms with Crippen molar-refractivity contribution >= 4 is 29.7 Å². The third-order valence-corrected chi connectivity index (χ3v) is 7.43. The summed E-state index contributed by atoms with van der Waals surface area (Å²) in [6.45, 7) is 4.24. The number of carbonyl (C=O) groups excluding carboxylic acids is 2. The Kier molecular flexibility index (Phi) is 7.46. The zero-order valence-electron chi connectivity index (χ0n) is 19.4. The van der Waals surface area contributed by atoms with E-state index in [1.807, 2.05) is 50.2 Å². The van der Waals surface area contributed by atoms with E-state index in [1.165, 1.54) is 16.7 Å². The summed E-state index contributed by atoms with van der Waals surface area (Å²) < 4.78 is 5.62. The van der Waals surface area contributed by atoms with Gasteiger partial charge in [-0.3, -0.25) is 4.79 Å². The smallest absolute Gasteiger partial charge is 0.407 e. The molecule has 0 aromatic heterocycles. The molecule has 1 unspecified atom stereocenters. The second kappa shape index (κ2) is 10.5. The van der Waals surface area contributed by atoms with Gasteiger partial charge in [-0.2, -0.15) is 0 Å². The van der Waals surface area contributed by atoms with E-state index in [9.17, 15) is 19.5 Å². The number of nitrogens with zero attached hydrogens (tertiary/aromatic N) is 1. The molecule has 34 heavy (non-hydrogen) atoms. The van der Waals surface area contributed by atoms with Crippen molar-refractivity contribution in [1.82, 2.24) is 10.2 Å². The number of thioether (sulfide) groups is 1. The Balaban J connectivity index is 1.44. The molecule has 2 aromatic rings. The number of carboxylic acids is 1. The number of alkyl carbamates (subject to hydrolysis) is 1. The first-order valence-corrected chi connectivity index (χ1v) is 12.7. The minimum absolute atomic E-state index is 0.0747. The van der Waals surface area contributed by atoms with Crippen molar-refractivity contribution in [1.29, 1.82) is 0 Å². The predicted octanol–water partition coefficient (Wildman–Crippen LogP) is 4.32. The van der Waals surface area contributed by atoms with Gasteiger partial charge in [0.25, 0.3) is 0 Å². The molecule has 2 aromatic carbocycles. The molecule has 0 bridgehead atoms. The molecule has 2 atom stereocenters. The van der Waals surface area contributed by atoms with E-state index >= 15 is 0 Å². The van der Waals surface area contributed by atoms with Crippen LogP contribution in [0.1, 0.15) is 43.7 Å². The molecule has 1 saturated heterocycles. The first-order valence-electron chi connectivity index (χ1n) is 11.6. The molecule has 0 radical (unpaired) electrons. The Morgan fingerprint density at radius 2 is 1.68 bits per heavy atom. The van der Waals surface area contributed by atoms with Gasteiger partial charge in [0.05, 0.1) is 5.88 Å². The number of carbonyl (C=O) groups is 3. The van der Waals surface area contributed by atoms with Crippen molar-refractivity contribution in [2.24, 2.45) is 5.92 Å². The van der Waals surface area contributed by atoms with Crippen molar-refractivity contribution in [2.75, 3.05) is 18.2 Å². The zero-order chi connectivity index (χ0) is 24.2. The predicted molar refractivity (Wildman–Crippen MR) is 132 cm³/mol. The monoisotopic (exact) mass is 482 g/mol. The fourth-order valence-corrected chi connectivity index (χ4v) is 5.76. The van der Waals surface area contributed by atoms with Gasteiger partial charge in [-0.25, -0.2) is 9.59 Å². The number of nitrogens with one attached hydrogen (secondary N) is 1. The molecule has 2 amide bonds. The first-order chi connectivity index (χ1) is 16.4. The molecular weight excluding hydrogens is 452 g/mol. The van der Waals surface area contributed by atoms with Crippen molar-refractivity contribution in [3.8, 4) is 11.1 Å². The molecule has 1 fully saturated rings. The quantitative estimate of drug-likeness (QED) is 0.582. The molecule has 1 heterocycles. The summed E-state index contributed by atoms with van der Waals surface area (Å²) in [5.41, 5.74) is 4.51. The first kappa shape index (κ1) is 24.1. The molecule has 7 nitrogen and oxygen atoms in total. The number of benzene rings is 2. The maximum Gasteiger partial charge on any atom is 0.407 e.